The number of carbonyl (C=O) groups excluding carboxylic acids is 1. The van der Waals surface area contributed by atoms with E-state index in [9.17, 15) is 4.79 Å². The van der Waals surface area contributed by atoms with Gasteiger partial charge in [0.25, 0.3) is 0 Å². The van der Waals surface area contributed by atoms with E-state index in [1.807, 2.05) is 13.0 Å². The smallest absolute Gasteiger partial charge is 0.231 e. The summed E-state index contributed by atoms with van der Waals surface area (Å²) in [5, 5.41) is 0. The Bertz CT molecular complexity index is 393. The summed E-state index contributed by atoms with van der Waals surface area (Å²) in [6.45, 7) is 4.01. The maximum absolute atomic E-state index is 10.8. The lowest BCUT2D eigenvalue weighted by molar-refractivity contribution is -0.118. The highest BCUT2D eigenvalue weighted by atomic mass is 16.1. The van der Waals surface area contributed by atoms with E-state index in [2.05, 4.69) is 14.9 Å². The second-order valence-corrected chi connectivity index (χ2v) is 4.24. The maximum Gasteiger partial charge on any atom is 0.231 e. The topological polar surface area (TPSA) is 72.1 Å². The quantitative estimate of drug-likeness (QED) is 0.781. The number of hydrogen-bond acceptors (Lipinski definition) is 4. The van der Waals surface area contributed by atoms with E-state index in [-0.39, 0.29) is 5.91 Å². The van der Waals surface area contributed by atoms with Gasteiger partial charge in [0.2, 0.25) is 5.91 Å². The number of likely N-dealkylation sites (tertiary alicyclic amines) is 1. The molecule has 5 heteroatoms. The van der Waals surface area contributed by atoms with Crippen LogP contribution in [0.1, 0.15) is 23.9 Å². The van der Waals surface area contributed by atoms with Crippen LogP contribution in [0.2, 0.25) is 0 Å². The molecular weight excluding hydrogens is 204 g/mol. The molecule has 2 rings (SSSR count). The van der Waals surface area contributed by atoms with Crippen molar-refractivity contribution in [2.24, 2.45) is 5.73 Å². The van der Waals surface area contributed by atoms with E-state index in [1.165, 1.54) is 0 Å². The van der Waals surface area contributed by atoms with Gasteiger partial charge in [0.05, 0.1) is 6.54 Å². The minimum atomic E-state index is -0.272. The molecule has 1 saturated heterocycles. The van der Waals surface area contributed by atoms with E-state index in [4.69, 9.17) is 5.73 Å². The highest BCUT2D eigenvalue weighted by Gasteiger charge is 2.26. The second kappa shape index (κ2) is 4.57. The third-order valence-corrected chi connectivity index (χ3v) is 2.83. The first-order chi connectivity index (χ1) is 7.65. The molecule has 0 radical (unpaired) electrons. The van der Waals surface area contributed by atoms with Crippen LogP contribution in [0.5, 0.6) is 0 Å². The Hall–Kier alpha value is -1.49. The minimum absolute atomic E-state index is 0.272. The molecule has 2 heterocycles. The Morgan fingerprint density at radius 3 is 3.19 bits per heavy atom. The molecule has 2 N–H and O–H groups in total. The third kappa shape index (κ3) is 2.55. The Balaban J connectivity index is 2.00. The van der Waals surface area contributed by atoms with Crippen LogP contribution < -0.4 is 5.73 Å². The molecule has 1 unspecified atom stereocenters. The fraction of sp³-hybridized carbons (Fsp3) is 0.545. The minimum Gasteiger partial charge on any atom is -0.369 e. The molecule has 1 atom stereocenters. The van der Waals surface area contributed by atoms with Gasteiger partial charge >= 0.3 is 0 Å². The van der Waals surface area contributed by atoms with Crippen molar-refractivity contribution < 1.29 is 4.79 Å². The van der Waals surface area contributed by atoms with Crippen LogP contribution in [0.4, 0.5) is 0 Å². The van der Waals surface area contributed by atoms with Gasteiger partial charge in [0.1, 0.15) is 5.82 Å². The van der Waals surface area contributed by atoms with Crippen molar-refractivity contribution in [3.63, 3.8) is 0 Å². The molecule has 5 nitrogen and oxygen atoms in total. The number of hydrogen-bond donors (Lipinski definition) is 1. The lowest BCUT2D eigenvalue weighted by atomic mass is 10.1. The van der Waals surface area contributed by atoms with Crippen molar-refractivity contribution in [1.29, 1.82) is 0 Å². The van der Waals surface area contributed by atoms with Crippen LogP contribution in [-0.2, 0) is 4.79 Å². The van der Waals surface area contributed by atoms with Gasteiger partial charge in [-0.3, -0.25) is 9.69 Å². The summed E-state index contributed by atoms with van der Waals surface area (Å²) < 4.78 is 0. The average Bonchev–Trinajstić information content (AvgIpc) is 2.65. The number of rotatable bonds is 3. The Morgan fingerprint density at radius 1 is 1.69 bits per heavy atom. The highest BCUT2D eigenvalue weighted by molar-refractivity contribution is 5.75. The van der Waals surface area contributed by atoms with Crippen LogP contribution in [0.3, 0.4) is 0 Å². The van der Waals surface area contributed by atoms with Gasteiger partial charge in [0, 0.05) is 24.4 Å². The molecule has 0 aromatic carbocycles. The zero-order valence-electron chi connectivity index (χ0n) is 9.39. The summed E-state index contributed by atoms with van der Waals surface area (Å²) in [6, 6.07) is 1.89. The monoisotopic (exact) mass is 220 g/mol. The van der Waals surface area contributed by atoms with E-state index in [1.54, 1.807) is 6.20 Å². The van der Waals surface area contributed by atoms with E-state index < -0.39 is 0 Å². The van der Waals surface area contributed by atoms with Gasteiger partial charge in [-0.25, -0.2) is 9.97 Å². The average molecular weight is 220 g/mol. The second-order valence-electron chi connectivity index (χ2n) is 4.24. The summed E-state index contributed by atoms with van der Waals surface area (Å²) >= 11 is 0. The molecule has 1 fully saturated rings. The molecule has 1 aromatic rings. The SMILES string of the molecule is Cc1ccnc(C2CCN(CC(N)=O)C2)n1. The lowest BCUT2D eigenvalue weighted by Gasteiger charge is -2.12. The van der Waals surface area contributed by atoms with Gasteiger partial charge < -0.3 is 5.73 Å². The molecule has 0 bridgehead atoms. The van der Waals surface area contributed by atoms with Crippen LogP contribution in [0.15, 0.2) is 12.3 Å². The summed E-state index contributed by atoms with van der Waals surface area (Å²) in [4.78, 5) is 21.6. The molecule has 0 saturated carbocycles. The van der Waals surface area contributed by atoms with Crippen molar-refractivity contribution in [2.75, 3.05) is 19.6 Å². The summed E-state index contributed by atoms with van der Waals surface area (Å²) in [7, 11) is 0. The van der Waals surface area contributed by atoms with Gasteiger partial charge in [-0.1, -0.05) is 0 Å². The Kier molecular flexibility index (Phi) is 3.14. The summed E-state index contributed by atoms with van der Waals surface area (Å²) in [5.74, 6) is 0.942. The highest BCUT2D eigenvalue weighted by Crippen LogP contribution is 2.23. The molecule has 86 valence electrons. The third-order valence-electron chi connectivity index (χ3n) is 2.83. The van der Waals surface area contributed by atoms with Crippen LogP contribution in [0, 0.1) is 6.92 Å². The van der Waals surface area contributed by atoms with Gasteiger partial charge in [0.15, 0.2) is 0 Å². The zero-order chi connectivity index (χ0) is 11.5. The molecule has 16 heavy (non-hydrogen) atoms. The van der Waals surface area contributed by atoms with E-state index >= 15 is 0 Å². The largest absolute Gasteiger partial charge is 0.369 e. The zero-order valence-corrected chi connectivity index (χ0v) is 9.39. The molecule has 1 aromatic heterocycles. The first-order valence-electron chi connectivity index (χ1n) is 5.45. The van der Waals surface area contributed by atoms with E-state index in [0.717, 1.165) is 31.0 Å². The number of nitrogens with two attached hydrogens (primary N) is 1. The Morgan fingerprint density at radius 2 is 2.50 bits per heavy atom. The number of primary amides is 1. The fourth-order valence-electron chi connectivity index (χ4n) is 2.07. The van der Waals surface area contributed by atoms with Crippen molar-refractivity contribution in [3.05, 3.63) is 23.8 Å². The van der Waals surface area contributed by atoms with Crippen molar-refractivity contribution >= 4 is 5.91 Å². The predicted octanol–water partition coefficient (Wildman–Crippen LogP) is 0.0596. The van der Waals surface area contributed by atoms with Crippen LogP contribution >= 0.6 is 0 Å². The van der Waals surface area contributed by atoms with Crippen LogP contribution in [-0.4, -0.2) is 40.4 Å². The fourth-order valence-corrected chi connectivity index (χ4v) is 2.07. The molecular formula is C11H16N4O. The van der Waals surface area contributed by atoms with Gasteiger partial charge in [-0.05, 0) is 26.0 Å². The molecule has 1 aliphatic heterocycles. The summed E-state index contributed by atoms with van der Waals surface area (Å²) in [6.07, 6.45) is 2.78. The van der Waals surface area contributed by atoms with E-state index in [0.29, 0.717) is 12.5 Å². The standard InChI is InChI=1S/C11H16N4O/c1-8-2-4-13-11(14-8)9-3-5-15(6-9)7-10(12)16/h2,4,9H,3,5-7H2,1H3,(H2,12,16). The molecule has 1 amide bonds. The normalized spacial score (nSPS) is 21.2. The lowest BCUT2D eigenvalue weighted by Crippen LogP contribution is -2.31. The first kappa shape index (κ1) is 11.0. The molecule has 0 aliphatic carbocycles. The van der Waals surface area contributed by atoms with Gasteiger partial charge in [-0.15, -0.1) is 0 Å². The number of aromatic nitrogens is 2. The summed E-state index contributed by atoms with van der Waals surface area (Å²) in [5.41, 5.74) is 6.15. The number of carbonyl (C=O) groups is 1. The number of aryl methyl sites for hydroxylation is 1. The van der Waals surface area contributed by atoms with Gasteiger partial charge in [-0.2, -0.15) is 0 Å². The Labute approximate surface area is 94.7 Å². The maximum atomic E-state index is 10.8. The number of amides is 1. The van der Waals surface area contributed by atoms with Crippen molar-refractivity contribution in [3.8, 4) is 0 Å². The van der Waals surface area contributed by atoms with Crippen molar-refractivity contribution in [2.45, 2.75) is 19.3 Å². The van der Waals surface area contributed by atoms with Crippen LogP contribution in [0.25, 0.3) is 0 Å². The first-order valence-corrected chi connectivity index (χ1v) is 5.45. The number of nitrogens with zero attached hydrogens (tertiary/aromatic N) is 3. The molecule has 1 aliphatic rings. The van der Waals surface area contributed by atoms with Crippen molar-refractivity contribution in [1.82, 2.24) is 14.9 Å². The molecule has 0 spiro atoms. The predicted molar refractivity (Wildman–Crippen MR) is 59.8 cm³/mol.